The van der Waals surface area contributed by atoms with Crippen molar-refractivity contribution in [1.29, 1.82) is 0 Å². The van der Waals surface area contributed by atoms with Crippen molar-refractivity contribution in [3.63, 3.8) is 0 Å². The van der Waals surface area contributed by atoms with Crippen LogP contribution in [0, 0.1) is 0 Å². The van der Waals surface area contributed by atoms with Gasteiger partial charge in [0.2, 0.25) is 0 Å². The Morgan fingerprint density at radius 1 is 1.43 bits per heavy atom. The maximum absolute atomic E-state index is 12.1. The molecular formula is C15H24N2O2S2. The lowest BCUT2D eigenvalue weighted by molar-refractivity contribution is 0.583. The van der Waals surface area contributed by atoms with Gasteiger partial charge in [-0.05, 0) is 24.5 Å². The van der Waals surface area contributed by atoms with Gasteiger partial charge in [-0.25, -0.2) is 8.42 Å². The lowest BCUT2D eigenvalue weighted by atomic mass is 10.0. The number of thioether (sulfide) groups is 1. The molecule has 6 heteroatoms. The van der Waals surface area contributed by atoms with Crippen molar-refractivity contribution in [3.8, 4) is 0 Å². The molecule has 0 spiro atoms. The van der Waals surface area contributed by atoms with Crippen molar-refractivity contribution in [2.45, 2.75) is 31.2 Å². The molecule has 1 heterocycles. The number of benzene rings is 1. The molecule has 1 aliphatic heterocycles. The highest BCUT2D eigenvalue weighted by Crippen LogP contribution is 2.30. The number of sulfone groups is 1. The Morgan fingerprint density at radius 2 is 2.14 bits per heavy atom. The van der Waals surface area contributed by atoms with Gasteiger partial charge in [-0.2, -0.15) is 11.8 Å². The molecule has 0 aliphatic carbocycles. The van der Waals surface area contributed by atoms with E-state index < -0.39 is 15.2 Å². The zero-order valence-corrected chi connectivity index (χ0v) is 14.3. The molecule has 1 saturated heterocycles. The quantitative estimate of drug-likeness (QED) is 0.894. The van der Waals surface area contributed by atoms with Gasteiger partial charge in [-0.1, -0.05) is 25.1 Å². The second-order valence-corrected chi connectivity index (χ2v) is 8.91. The molecule has 1 aromatic rings. The number of rotatable bonds is 5. The summed E-state index contributed by atoms with van der Waals surface area (Å²) in [7, 11) is -3.10. The first-order valence-corrected chi connectivity index (χ1v) is 10.4. The van der Waals surface area contributed by atoms with Crippen LogP contribution in [0.2, 0.25) is 0 Å². The van der Waals surface area contributed by atoms with Crippen LogP contribution in [-0.2, 0) is 16.3 Å². The van der Waals surface area contributed by atoms with Crippen molar-refractivity contribution in [2.75, 3.05) is 29.2 Å². The van der Waals surface area contributed by atoms with Crippen LogP contribution >= 0.6 is 11.8 Å². The van der Waals surface area contributed by atoms with E-state index in [1.807, 2.05) is 23.1 Å². The predicted molar refractivity (Wildman–Crippen MR) is 91.7 cm³/mol. The summed E-state index contributed by atoms with van der Waals surface area (Å²) in [6.07, 6.45) is 3.03. The Balaban J connectivity index is 2.35. The maximum atomic E-state index is 12.1. The number of nitrogens with zero attached hydrogens (tertiary/aromatic N) is 1. The van der Waals surface area contributed by atoms with Gasteiger partial charge in [-0.15, -0.1) is 0 Å². The van der Waals surface area contributed by atoms with Crippen molar-refractivity contribution < 1.29 is 8.42 Å². The van der Waals surface area contributed by atoms with Crippen LogP contribution in [0.15, 0.2) is 24.3 Å². The van der Waals surface area contributed by atoms with Gasteiger partial charge in [0.1, 0.15) is 5.37 Å². The molecule has 0 radical (unpaired) electrons. The lowest BCUT2D eigenvalue weighted by Gasteiger charge is -2.37. The van der Waals surface area contributed by atoms with E-state index in [0.29, 0.717) is 5.75 Å². The van der Waals surface area contributed by atoms with E-state index in [2.05, 4.69) is 13.0 Å². The minimum absolute atomic E-state index is 0.113. The topological polar surface area (TPSA) is 63.4 Å². The Hall–Kier alpha value is -0.720. The summed E-state index contributed by atoms with van der Waals surface area (Å²) in [4.78, 5) is 2.05. The summed E-state index contributed by atoms with van der Waals surface area (Å²) >= 11 is 1.71. The van der Waals surface area contributed by atoms with Crippen molar-refractivity contribution >= 4 is 27.3 Å². The number of para-hydroxylation sites is 1. The highest BCUT2D eigenvalue weighted by Gasteiger charge is 2.32. The molecule has 0 aromatic heterocycles. The van der Waals surface area contributed by atoms with Crippen LogP contribution in [0.5, 0.6) is 0 Å². The third kappa shape index (κ3) is 4.14. The molecule has 0 bridgehead atoms. The van der Waals surface area contributed by atoms with E-state index >= 15 is 0 Å². The SMILES string of the molecule is CCC(N)Cc1ccccc1N1CCSCC1S(C)(=O)=O. The average molecular weight is 329 g/mol. The smallest absolute Gasteiger partial charge is 0.169 e. The van der Waals surface area contributed by atoms with Gasteiger partial charge in [0.25, 0.3) is 0 Å². The molecule has 1 fully saturated rings. The Bertz CT molecular complexity index is 575. The summed E-state index contributed by atoms with van der Waals surface area (Å²) in [6, 6.07) is 8.16. The normalized spacial score (nSPS) is 21.3. The van der Waals surface area contributed by atoms with Crippen LogP contribution in [0.25, 0.3) is 0 Å². The fourth-order valence-electron chi connectivity index (χ4n) is 2.60. The molecule has 1 aromatic carbocycles. The van der Waals surface area contributed by atoms with Crippen molar-refractivity contribution in [3.05, 3.63) is 29.8 Å². The Morgan fingerprint density at radius 3 is 2.81 bits per heavy atom. The van der Waals surface area contributed by atoms with Gasteiger partial charge >= 0.3 is 0 Å². The zero-order valence-electron chi connectivity index (χ0n) is 12.7. The molecule has 2 N–H and O–H groups in total. The minimum atomic E-state index is -3.10. The van der Waals surface area contributed by atoms with Crippen LogP contribution in [0.3, 0.4) is 0 Å². The number of hydrogen-bond acceptors (Lipinski definition) is 5. The maximum Gasteiger partial charge on any atom is 0.169 e. The number of hydrogen-bond donors (Lipinski definition) is 1. The second kappa shape index (κ2) is 7.03. The van der Waals surface area contributed by atoms with E-state index in [4.69, 9.17) is 5.73 Å². The molecule has 0 amide bonds. The van der Waals surface area contributed by atoms with Gasteiger partial charge in [0.05, 0.1) is 0 Å². The average Bonchev–Trinajstić information content (AvgIpc) is 2.47. The third-order valence-electron chi connectivity index (χ3n) is 3.89. The van der Waals surface area contributed by atoms with Crippen LogP contribution in [0.4, 0.5) is 5.69 Å². The van der Waals surface area contributed by atoms with Gasteiger partial charge < -0.3 is 10.6 Å². The Labute approximate surface area is 132 Å². The van der Waals surface area contributed by atoms with Crippen LogP contribution < -0.4 is 10.6 Å². The van der Waals surface area contributed by atoms with Crippen molar-refractivity contribution in [2.24, 2.45) is 5.73 Å². The predicted octanol–water partition coefficient (Wildman–Crippen LogP) is 1.89. The monoisotopic (exact) mass is 328 g/mol. The second-order valence-electron chi connectivity index (χ2n) is 5.55. The van der Waals surface area contributed by atoms with Crippen LogP contribution in [-0.4, -0.2) is 44.1 Å². The Kier molecular flexibility index (Phi) is 5.57. The molecule has 1 aliphatic rings. The van der Waals surface area contributed by atoms with Crippen molar-refractivity contribution in [1.82, 2.24) is 0 Å². The fraction of sp³-hybridized carbons (Fsp3) is 0.600. The number of anilines is 1. The van der Waals surface area contributed by atoms with Gasteiger partial charge in [0, 0.05) is 36.0 Å². The summed E-state index contributed by atoms with van der Waals surface area (Å²) in [5.74, 6) is 1.59. The molecule has 0 saturated carbocycles. The first kappa shape index (κ1) is 16.6. The highest BCUT2D eigenvalue weighted by atomic mass is 32.2. The minimum Gasteiger partial charge on any atom is -0.353 e. The molecule has 2 atom stereocenters. The van der Waals surface area contributed by atoms with E-state index in [1.165, 1.54) is 6.26 Å². The first-order valence-electron chi connectivity index (χ1n) is 7.30. The summed E-state index contributed by atoms with van der Waals surface area (Å²) in [6.45, 7) is 2.84. The zero-order chi connectivity index (χ0) is 15.5. The number of nitrogens with two attached hydrogens (primary N) is 1. The summed E-state index contributed by atoms with van der Waals surface area (Å²) < 4.78 is 24.2. The highest BCUT2D eigenvalue weighted by molar-refractivity contribution is 8.01. The van der Waals surface area contributed by atoms with Gasteiger partial charge in [0.15, 0.2) is 9.84 Å². The van der Waals surface area contributed by atoms with E-state index in [9.17, 15) is 8.42 Å². The van der Waals surface area contributed by atoms with E-state index in [-0.39, 0.29) is 6.04 Å². The molecule has 118 valence electrons. The third-order valence-corrected chi connectivity index (χ3v) is 6.53. The summed E-state index contributed by atoms with van der Waals surface area (Å²) in [5, 5.41) is -0.435. The fourth-order valence-corrected chi connectivity index (χ4v) is 5.43. The molecular weight excluding hydrogens is 304 g/mol. The standard InChI is InChI=1S/C15H24N2O2S2/c1-3-13(16)10-12-6-4-5-7-14(12)17-8-9-20-11-15(17)21(2,18)19/h4-7,13,15H,3,8-11,16H2,1-2H3. The summed E-state index contributed by atoms with van der Waals surface area (Å²) in [5.41, 5.74) is 8.25. The molecule has 2 unspecified atom stereocenters. The molecule has 4 nitrogen and oxygen atoms in total. The van der Waals surface area contributed by atoms with E-state index in [1.54, 1.807) is 11.8 Å². The lowest BCUT2D eigenvalue weighted by Crippen LogP contribution is -2.47. The van der Waals surface area contributed by atoms with Crippen LogP contribution in [0.1, 0.15) is 18.9 Å². The van der Waals surface area contributed by atoms with Gasteiger partial charge in [-0.3, -0.25) is 0 Å². The largest absolute Gasteiger partial charge is 0.353 e. The molecule has 21 heavy (non-hydrogen) atoms. The van der Waals surface area contributed by atoms with E-state index in [0.717, 1.165) is 36.4 Å². The molecule has 2 rings (SSSR count). The first-order chi connectivity index (χ1) is 9.93.